The number of rotatable bonds is 4. The fraction of sp³-hybridized carbons (Fsp3) is 0.176. The van der Waals surface area contributed by atoms with Crippen molar-refractivity contribution in [2.24, 2.45) is 0 Å². The van der Waals surface area contributed by atoms with Crippen LogP contribution in [-0.4, -0.2) is 35.1 Å². The first-order valence-electron chi connectivity index (χ1n) is 7.38. The summed E-state index contributed by atoms with van der Waals surface area (Å²) in [5.74, 6) is 0.748. The minimum atomic E-state index is -0.228. The molecule has 7 heteroatoms. The molecule has 2 aromatic heterocycles. The van der Waals surface area contributed by atoms with Gasteiger partial charge in [0.1, 0.15) is 0 Å². The van der Waals surface area contributed by atoms with E-state index in [-0.39, 0.29) is 5.91 Å². The molecule has 0 aliphatic heterocycles. The van der Waals surface area contributed by atoms with E-state index in [9.17, 15) is 4.79 Å². The van der Waals surface area contributed by atoms with Crippen LogP contribution in [0.5, 0.6) is 0 Å². The third-order valence-corrected chi connectivity index (χ3v) is 3.43. The third-order valence-electron chi connectivity index (χ3n) is 3.43. The smallest absolute Gasteiger partial charge is 0.259 e. The molecule has 1 amide bonds. The normalized spacial score (nSPS) is 10.5. The molecule has 0 atom stereocenters. The van der Waals surface area contributed by atoms with Gasteiger partial charge in [0.25, 0.3) is 5.91 Å². The van der Waals surface area contributed by atoms with E-state index < -0.39 is 0 Å². The molecule has 0 bridgehead atoms. The summed E-state index contributed by atoms with van der Waals surface area (Å²) in [4.78, 5) is 22.7. The Morgan fingerprint density at radius 1 is 1.25 bits per heavy atom. The van der Waals surface area contributed by atoms with Crippen molar-refractivity contribution in [3.05, 3.63) is 54.2 Å². The van der Waals surface area contributed by atoms with Crippen LogP contribution < -0.4 is 10.2 Å². The Bertz CT molecular complexity index is 873. The van der Waals surface area contributed by atoms with E-state index in [1.54, 1.807) is 37.5 Å². The number of anilines is 2. The first kappa shape index (κ1) is 15.7. The predicted octanol–water partition coefficient (Wildman–Crippen LogP) is 2.76. The molecule has 0 unspecified atom stereocenters. The Kier molecular flexibility index (Phi) is 4.24. The number of aromatic nitrogens is 3. The highest BCUT2D eigenvalue weighted by molar-refractivity contribution is 6.08. The Balaban J connectivity index is 1.85. The summed E-state index contributed by atoms with van der Waals surface area (Å²) in [6, 6.07) is 9.09. The summed E-state index contributed by atoms with van der Waals surface area (Å²) in [5.41, 5.74) is 2.72. The Morgan fingerprint density at radius 3 is 2.79 bits per heavy atom. The van der Waals surface area contributed by atoms with E-state index in [4.69, 9.17) is 4.52 Å². The number of hydrogen-bond acceptors (Lipinski definition) is 6. The molecular formula is C17H17N5O2. The van der Waals surface area contributed by atoms with Crippen molar-refractivity contribution in [1.82, 2.24) is 15.1 Å². The number of nitrogens with one attached hydrogen (secondary N) is 1. The lowest BCUT2D eigenvalue weighted by atomic mass is 10.1. The van der Waals surface area contributed by atoms with Gasteiger partial charge < -0.3 is 14.7 Å². The van der Waals surface area contributed by atoms with Gasteiger partial charge in [0.15, 0.2) is 0 Å². The van der Waals surface area contributed by atoms with Crippen molar-refractivity contribution in [3.8, 4) is 11.4 Å². The van der Waals surface area contributed by atoms with Crippen molar-refractivity contribution in [3.63, 3.8) is 0 Å². The SMILES string of the molecule is Cc1nc(-c2cccc(NC(=O)c3cnccc3N(C)C)c2)no1. The van der Waals surface area contributed by atoms with Crippen molar-refractivity contribution in [2.75, 3.05) is 24.3 Å². The van der Waals surface area contributed by atoms with Crippen LogP contribution in [0.15, 0.2) is 47.2 Å². The van der Waals surface area contributed by atoms with Gasteiger partial charge in [0.05, 0.1) is 11.3 Å². The molecule has 24 heavy (non-hydrogen) atoms. The Labute approximate surface area is 139 Å². The van der Waals surface area contributed by atoms with Crippen LogP contribution >= 0.6 is 0 Å². The van der Waals surface area contributed by atoms with Crippen molar-refractivity contribution < 1.29 is 9.32 Å². The number of pyridine rings is 1. The van der Waals surface area contributed by atoms with Gasteiger partial charge in [-0.15, -0.1) is 0 Å². The molecular weight excluding hydrogens is 306 g/mol. The monoisotopic (exact) mass is 323 g/mol. The number of carbonyl (C=O) groups excluding carboxylic acids is 1. The number of amides is 1. The van der Waals surface area contributed by atoms with Crippen LogP contribution in [0.2, 0.25) is 0 Å². The molecule has 2 heterocycles. The lowest BCUT2D eigenvalue weighted by molar-refractivity contribution is 0.102. The first-order chi connectivity index (χ1) is 11.5. The Morgan fingerprint density at radius 2 is 2.08 bits per heavy atom. The highest BCUT2D eigenvalue weighted by Gasteiger charge is 2.14. The second-order valence-corrected chi connectivity index (χ2v) is 5.46. The molecule has 0 radical (unpaired) electrons. The van der Waals surface area contributed by atoms with Gasteiger partial charge in [-0.1, -0.05) is 17.3 Å². The molecule has 0 fully saturated rings. The predicted molar refractivity (Wildman–Crippen MR) is 91.0 cm³/mol. The zero-order valence-electron chi connectivity index (χ0n) is 13.6. The molecule has 0 saturated heterocycles. The van der Waals surface area contributed by atoms with Crippen LogP contribution in [0.4, 0.5) is 11.4 Å². The number of carbonyl (C=O) groups is 1. The standard InChI is InChI=1S/C17H17N5O2/c1-11-19-16(21-24-11)12-5-4-6-13(9-12)20-17(23)14-10-18-8-7-15(14)22(2)3/h4-10H,1-3H3,(H,20,23). The zero-order valence-corrected chi connectivity index (χ0v) is 13.6. The van der Waals surface area contributed by atoms with Gasteiger partial charge in [0.2, 0.25) is 11.7 Å². The Hall–Kier alpha value is -3.22. The third kappa shape index (κ3) is 3.24. The van der Waals surface area contributed by atoms with Crippen molar-refractivity contribution in [1.29, 1.82) is 0 Å². The molecule has 3 rings (SSSR count). The van der Waals surface area contributed by atoms with E-state index >= 15 is 0 Å². The van der Waals surface area contributed by atoms with Gasteiger partial charge in [0, 0.05) is 44.7 Å². The number of benzene rings is 1. The van der Waals surface area contributed by atoms with Gasteiger partial charge in [-0.3, -0.25) is 9.78 Å². The second-order valence-electron chi connectivity index (χ2n) is 5.46. The van der Waals surface area contributed by atoms with Gasteiger partial charge in [-0.25, -0.2) is 0 Å². The molecule has 1 N–H and O–H groups in total. The summed E-state index contributed by atoms with van der Waals surface area (Å²) in [5, 5.41) is 6.76. The molecule has 1 aromatic carbocycles. The summed E-state index contributed by atoms with van der Waals surface area (Å²) in [6.45, 7) is 1.73. The maximum Gasteiger partial charge on any atom is 0.259 e. The van der Waals surface area contributed by atoms with Crippen LogP contribution in [-0.2, 0) is 0 Å². The van der Waals surface area contributed by atoms with Gasteiger partial charge in [-0.2, -0.15) is 4.98 Å². The van der Waals surface area contributed by atoms with Crippen molar-refractivity contribution >= 4 is 17.3 Å². The maximum atomic E-state index is 12.6. The molecule has 0 aliphatic rings. The summed E-state index contributed by atoms with van der Waals surface area (Å²) in [7, 11) is 3.76. The van der Waals surface area contributed by atoms with E-state index in [1.807, 2.05) is 31.1 Å². The fourth-order valence-corrected chi connectivity index (χ4v) is 2.30. The van der Waals surface area contributed by atoms with E-state index in [1.165, 1.54) is 0 Å². The highest BCUT2D eigenvalue weighted by Crippen LogP contribution is 2.22. The number of aryl methyl sites for hydroxylation is 1. The second kappa shape index (κ2) is 6.49. The highest BCUT2D eigenvalue weighted by atomic mass is 16.5. The van der Waals surface area contributed by atoms with E-state index in [2.05, 4.69) is 20.4 Å². The minimum absolute atomic E-state index is 0.228. The lowest BCUT2D eigenvalue weighted by Gasteiger charge is -2.16. The lowest BCUT2D eigenvalue weighted by Crippen LogP contribution is -2.18. The minimum Gasteiger partial charge on any atom is -0.377 e. The topological polar surface area (TPSA) is 84.2 Å². The molecule has 0 saturated carbocycles. The zero-order chi connectivity index (χ0) is 17.1. The average Bonchev–Trinajstić information content (AvgIpc) is 3.01. The summed E-state index contributed by atoms with van der Waals surface area (Å²) >= 11 is 0. The van der Waals surface area contributed by atoms with Crippen LogP contribution in [0.25, 0.3) is 11.4 Å². The van der Waals surface area contributed by atoms with Crippen LogP contribution in [0.3, 0.4) is 0 Å². The molecule has 7 nitrogen and oxygen atoms in total. The molecule has 3 aromatic rings. The quantitative estimate of drug-likeness (QED) is 0.795. The molecule has 122 valence electrons. The van der Waals surface area contributed by atoms with E-state index in [0.29, 0.717) is 23.0 Å². The first-order valence-corrected chi connectivity index (χ1v) is 7.38. The molecule has 0 spiro atoms. The average molecular weight is 323 g/mol. The van der Waals surface area contributed by atoms with Gasteiger partial charge >= 0.3 is 0 Å². The summed E-state index contributed by atoms with van der Waals surface area (Å²) < 4.78 is 4.99. The summed E-state index contributed by atoms with van der Waals surface area (Å²) in [6.07, 6.45) is 3.21. The fourth-order valence-electron chi connectivity index (χ4n) is 2.30. The van der Waals surface area contributed by atoms with E-state index in [0.717, 1.165) is 11.3 Å². The van der Waals surface area contributed by atoms with Crippen molar-refractivity contribution in [2.45, 2.75) is 6.92 Å². The van der Waals surface area contributed by atoms with Gasteiger partial charge in [-0.05, 0) is 18.2 Å². The largest absolute Gasteiger partial charge is 0.377 e. The molecule has 0 aliphatic carbocycles. The number of nitrogens with zero attached hydrogens (tertiary/aromatic N) is 4. The van der Waals surface area contributed by atoms with Crippen LogP contribution in [0, 0.1) is 6.92 Å². The maximum absolute atomic E-state index is 12.6. The number of hydrogen-bond donors (Lipinski definition) is 1. The van der Waals surface area contributed by atoms with Crippen LogP contribution in [0.1, 0.15) is 16.2 Å².